The van der Waals surface area contributed by atoms with Crippen molar-refractivity contribution in [2.45, 2.75) is 18.8 Å². The van der Waals surface area contributed by atoms with Crippen molar-refractivity contribution < 1.29 is 0 Å². The molecule has 0 radical (unpaired) electrons. The minimum atomic E-state index is 0.637. The molecule has 0 spiro atoms. The Kier molecular flexibility index (Phi) is 2.41. The van der Waals surface area contributed by atoms with Crippen LogP contribution in [0.25, 0.3) is 5.69 Å². The van der Waals surface area contributed by atoms with Gasteiger partial charge in [-0.2, -0.15) is 5.10 Å². The fraction of sp³-hybridized carbons (Fsp3) is 0.250. The molecule has 3 rings (SSSR count). The highest BCUT2D eigenvalue weighted by molar-refractivity contribution is 6.35. The minimum Gasteiger partial charge on any atom is -0.236 e. The first-order valence-corrected chi connectivity index (χ1v) is 6.00. The van der Waals surface area contributed by atoms with Crippen LogP contribution in [0.2, 0.25) is 10.0 Å². The van der Waals surface area contributed by atoms with Crippen LogP contribution in [-0.2, 0) is 0 Å². The van der Waals surface area contributed by atoms with Crippen LogP contribution in [0.15, 0.2) is 30.5 Å². The molecule has 16 heavy (non-hydrogen) atoms. The second kappa shape index (κ2) is 3.79. The van der Waals surface area contributed by atoms with E-state index in [2.05, 4.69) is 11.2 Å². The minimum absolute atomic E-state index is 0.637. The Morgan fingerprint density at radius 1 is 1.19 bits per heavy atom. The van der Waals surface area contributed by atoms with Gasteiger partial charge in [-0.1, -0.05) is 23.2 Å². The summed E-state index contributed by atoms with van der Waals surface area (Å²) < 4.78 is 1.91. The normalized spacial score (nSPS) is 15.4. The third-order valence-corrected chi connectivity index (χ3v) is 3.34. The summed E-state index contributed by atoms with van der Waals surface area (Å²) in [6, 6.07) is 7.55. The van der Waals surface area contributed by atoms with E-state index in [4.69, 9.17) is 23.2 Å². The molecule has 2 nitrogen and oxygen atoms in total. The van der Waals surface area contributed by atoms with Gasteiger partial charge < -0.3 is 0 Å². The van der Waals surface area contributed by atoms with Gasteiger partial charge in [-0.25, -0.2) is 4.68 Å². The van der Waals surface area contributed by atoms with E-state index in [-0.39, 0.29) is 0 Å². The van der Waals surface area contributed by atoms with Crippen molar-refractivity contribution in [1.29, 1.82) is 0 Å². The standard InChI is InChI=1S/C12H10Cl2N2/c13-9-3-4-12(10(14)7-9)16-11(5-6-15-16)8-1-2-8/h3-8H,1-2H2. The van der Waals surface area contributed by atoms with Gasteiger partial charge in [0.1, 0.15) is 0 Å². The third-order valence-electron chi connectivity index (χ3n) is 2.81. The lowest BCUT2D eigenvalue weighted by molar-refractivity contribution is 0.808. The van der Waals surface area contributed by atoms with E-state index in [1.165, 1.54) is 18.5 Å². The number of rotatable bonds is 2. The summed E-state index contributed by atoms with van der Waals surface area (Å²) >= 11 is 12.1. The van der Waals surface area contributed by atoms with Crippen LogP contribution < -0.4 is 0 Å². The van der Waals surface area contributed by atoms with E-state index in [1.807, 2.05) is 23.0 Å². The Labute approximate surface area is 104 Å². The SMILES string of the molecule is Clc1ccc(-n2nccc2C2CC2)c(Cl)c1. The molecule has 0 saturated heterocycles. The second-order valence-corrected chi connectivity index (χ2v) is 4.88. The molecule has 1 fully saturated rings. The van der Waals surface area contributed by atoms with E-state index in [0.29, 0.717) is 16.0 Å². The molecular weight excluding hydrogens is 243 g/mol. The average molecular weight is 253 g/mol. The first-order chi connectivity index (χ1) is 7.75. The zero-order valence-corrected chi connectivity index (χ0v) is 10.0. The monoisotopic (exact) mass is 252 g/mol. The van der Waals surface area contributed by atoms with Gasteiger partial charge in [0.15, 0.2) is 0 Å². The van der Waals surface area contributed by atoms with Crippen molar-refractivity contribution in [3.8, 4) is 5.69 Å². The summed E-state index contributed by atoms with van der Waals surface area (Å²) in [6.07, 6.45) is 4.31. The van der Waals surface area contributed by atoms with Crippen molar-refractivity contribution >= 4 is 23.2 Å². The zero-order valence-electron chi connectivity index (χ0n) is 8.53. The molecule has 4 heteroatoms. The topological polar surface area (TPSA) is 17.8 Å². The van der Waals surface area contributed by atoms with Crippen LogP contribution in [0.4, 0.5) is 0 Å². The maximum absolute atomic E-state index is 6.17. The predicted molar refractivity (Wildman–Crippen MR) is 65.6 cm³/mol. The summed E-state index contributed by atoms with van der Waals surface area (Å²) in [6.45, 7) is 0. The van der Waals surface area contributed by atoms with E-state index >= 15 is 0 Å². The molecule has 1 aliphatic rings. The maximum atomic E-state index is 6.17. The van der Waals surface area contributed by atoms with Crippen molar-refractivity contribution in [2.75, 3.05) is 0 Å². The third kappa shape index (κ3) is 1.72. The molecule has 0 unspecified atom stereocenters. The highest BCUT2D eigenvalue weighted by Gasteiger charge is 2.27. The van der Waals surface area contributed by atoms with Gasteiger partial charge in [0.25, 0.3) is 0 Å². The Morgan fingerprint density at radius 2 is 2.00 bits per heavy atom. The molecule has 2 aromatic rings. The summed E-state index contributed by atoms with van der Waals surface area (Å²) in [5, 5.41) is 5.61. The Hall–Kier alpha value is -0.990. The van der Waals surface area contributed by atoms with Gasteiger partial charge in [0.2, 0.25) is 0 Å². The number of hydrogen-bond donors (Lipinski definition) is 0. The van der Waals surface area contributed by atoms with Crippen LogP contribution in [0.1, 0.15) is 24.5 Å². The molecule has 0 N–H and O–H groups in total. The first kappa shape index (κ1) is 10.2. The summed E-state index contributed by atoms with van der Waals surface area (Å²) in [7, 11) is 0. The highest BCUT2D eigenvalue weighted by atomic mass is 35.5. The average Bonchev–Trinajstić information content (AvgIpc) is 2.98. The Bertz CT molecular complexity index is 530. The van der Waals surface area contributed by atoms with Crippen LogP contribution in [0, 0.1) is 0 Å². The number of benzene rings is 1. The van der Waals surface area contributed by atoms with Crippen LogP contribution in [0.5, 0.6) is 0 Å². The van der Waals surface area contributed by atoms with Crippen LogP contribution >= 0.6 is 23.2 Å². The zero-order chi connectivity index (χ0) is 11.1. The summed E-state index contributed by atoms with van der Waals surface area (Å²) in [5.41, 5.74) is 2.14. The quantitative estimate of drug-likeness (QED) is 0.789. The van der Waals surface area contributed by atoms with E-state index in [0.717, 1.165) is 5.69 Å². The van der Waals surface area contributed by atoms with Gasteiger partial charge in [-0.05, 0) is 37.1 Å². The molecular formula is C12H10Cl2N2. The molecule has 0 aliphatic heterocycles. The largest absolute Gasteiger partial charge is 0.236 e. The lowest BCUT2D eigenvalue weighted by Crippen LogP contribution is -2.01. The lowest BCUT2D eigenvalue weighted by atomic mass is 10.2. The van der Waals surface area contributed by atoms with E-state index in [1.54, 1.807) is 6.07 Å². The van der Waals surface area contributed by atoms with Crippen molar-refractivity contribution in [1.82, 2.24) is 9.78 Å². The van der Waals surface area contributed by atoms with E-state index < -0.39 is 0 Å². The fourth-order valence-corrected chi connectivity index (χ4v) is 2.34. The van der Waals surface area contributed by atoms with Crippen LogP contribution in [0.3, 0.4) is 0 Å². The molecule has 0 bridgehead atoms. The van der Waals surface area contributed by atoms with E-state index in [9.17, 15) is 0 Å². The number of halogens is 2. The Morgan fingerprint density at radius 3 is 2.69 bits per heavy atom. The van der Waals surface area contributed by atoms with Crippen molar-refractivity contribution in [3.63, 3.8) is 0 Å². The van der Waals surface area contributed by atoms with Gasteiger partial charge in [-0.3, -0.25) is 0 Å². The Balaban J connectivity index is 2.10. The molecule has 0 atom stereocenters. The highest BCUT2D eigenvalue weighted by Crippen LogP contribution is 2.41. The van der Waals surface area contributed by atoms with Gasteiger partial charge in [-0.15, -0.1) is 0 Å². The number of hydrogen-bond acceptors (Lipinski definition) is 1. The van der Waals surface area contributed by atoms with Gasteiger partial charge >= 0.3 is 0 Å². The maximum Gasteiger partial charge on any atom is 0.0836 e. The number of aromatic nitrogens is 2. The van der Waals surface area contributed by atoms with Crippen molar-refractivity contribution in [3.05, 3.63) is 46.2 Å². The summed E-state index contributed by atoms with van der Waals surface area (Å²) in [4.78, 5) is 0. The van der Waals surface area contributed by atoms with Gasteiger partial charge in [0.05, 0.1) is 10.7 Å². The molecule has 1 aromatic heterocycles. The van der Waals surface area contributed by atoms with Gasteiger partial charge in [0, 0.05) is 22.8 Å². The smallest absolute Gasteiger partial charge is 0.0836 e. The van der Waals surface area contributed by atoms with Crippen molar-refractivity contribution in [2.24, 2.45) is 0 Å². The molecule has 0 amide bonds. The van der Waals surface area contributed by atoms with Crippen LogP contribution in [-0.4, -0.2) is 9.78 Å². The molecule has 82 valence electrons. The molecule has 1 heterocycles. The summed E-state index contributed by atoms with van der Waals surface area (Å²) in [5.74, 6) is 0.647. The predicted octanol–water partition coefficient (Wildman–Crippen LogP) is 4.06. The lowest BCUT2D eigenvalue weighted by Gasteiger charge is -2.08. The second-order valence-electron chi connectivity index (χ2n) is 4.04. The molecule has 1 aliphatic carbocycles. The first-order valence-electron chi connectivity index (χ1n) is 5.25. The molecule has 1 saturated carbocycles. The molecule has 1 aromatic carbocycles. The fourth-order valence-electron chi connectivity index (χ4n) is 1.86. The number of nitrogens with zero attached hydrogens (tertiary/aromatic N) is 2.